The van der Waals surface area contributed by atoms with Crippen LogP contribution in [0.25, 0.3) is 5.76 Å². The molecule has 0 saturated carbocycles. The van der Waals surface area contributed by atoms with E-state index in [9.17, 15) is 4.79 Å². The molecule has 1 aromatic rings. The molecule has 1 rings (SSSR count). The minimum Gasteiger partial charge on any atom is -0.497 e. The van der Waals surface area contributed by atoms with E-state index < -0.39 is 0 Å². The van der Waals surface area contributed by atoms with Gasteiger partial charge in [-0.05, 0) is 18.6 Å². The summed E-state index contributed by atoms with van der Waals surface area (Å²) in [6, 6.07) is 5.39. The van der Waals surface area contributed by atoms with Crippen LogP contribution in [-0.4, -0.2) is 20.2 Å². The van der Waals surface area contributed by atoms with E-state index in [2.05, 4.69) is 6.58 Å². The smallest absolute Gasteiger partial charge is 0.338 e. The molecule has 0 atom stereocenters. The maximum absolute atomic E-state index is 11.5. The molecule has 0 N–H and O–H groups in total. The zero-order chi connectivity index (χ0) is 11.4. The Hall–Kier alpha value is -1.77. The van der Waals surface area contributed by atoms with Crippen molar-refractivity contribution in [2.45, 2.75) is 6.92 Å². The highest BCUT2D eigenvalue weighted by Crippen LogP contribution is 2.23. The number of methoxy groups -OCH3 is 2. The number of benzene rings is 1. The second kappa shape index (κ2) is 4.64. The predicted molar refractivity (Wildman–Crippen MR) is 58.6 cm³/mol. The third-order valence-corrected chi connectivity index (χ3v) is 2.20. The Morgan fingerprint density at radius 1 is 1.27 bits per heavy atom. The number of carbonyl (C=O) groups is 1. The van der Waals surface area contributed by atoms with Crippen molar-refractivity contribution < 1.29 is 14.3 Å². The largest absolute Gasteiger partial charge is 0.497 e. The molecule has 0 saturated heterocycles. The molecule has 1 aromatic carbocycles. The molecule has 0 spiro atoms. The lowest BCUT2D eigenvalue weighted by Crippen LogP contribution is -2.07. The van der Waals surface area contributed by atoms with Gasteiger partial charge >= 0.3 is 5.97 Å². The van der Waals surface area contributed by atoms with Gasteiger partial charge in [-0.2, -0.15) is 0 Å². The molecule has 0 fully saturated rings. The van der Waals surface area contributed by atoms with Crippen LogP contribution in [0.15, 0.2) is 24.8 Å². The van der Waals surface area contributed by atoms with Gasteiger partial charge in [-0.3, -0.25) is 0 Å². The topological polar surface area (TPSA) is 35.5 Å². The van der Waals surface area contributed by atoms with Gasteiger partial charge in [-0.25, -0.2) is 4.79 Å². The summed E-state index contributed by atoms with van der Waals surface area (Å²) in [5, 5.41) is 0. The highest BCUT2D eigenvalue weighted by Gasteiger charge is 2.15. The normalized spacial score (nSPS) is 9.53. The maximum Gasteiger partial charge on any atom is 0.338 e. The van der Waals surface area contributed by atoms with Crippen molar-refractivity contribution in [2.24, 2.45) is 0 Å². The number of hydrogen-bond donors (Lipinski definition) is 0. The van der Waals surface area contributed by atoms with Gasteiger partial charge in [0.1, 0.15) is 5.76 Å². The lowest BCUT2D eigenvalue weighted by Gasteiger charge is -2.12. The van der Waals surface area contributed by atoms with Crippen molar-refractivity contribution in [2.75, 3.05) is 14.2 Å². The molecule has 0 bridgehead atoms. The molecule has 0 aliphatic heterocycles. The van der Waals surface area contributed by atoms with Crippen LogP contribution in [0, 0.1) is 6.92 Å². The van der Waals surface area contributed by atoms with E-state index in [1.165, 1.54) is 14.2 Å². The van der Waals surface area contributed by atoms with Gasteiger partial charge in [0.05, 0.1) is 19.8 Å². The van der Waals surface area contributed by atoms with Crippen LogP contribution in [0.1, 0.15) is 21.5 Å². The summed E-state index contributed by atoms with van der Waals surface area (Å²) < 4.78 is 9.74. The number of esters is 1. The monoisotopic (exact) mass is 206 g/mol. The van der Waals surface area contributed by atoms with Crippen LogP contribution in [-0.2, 0) is 9.47 Å². The van der Waals surface area contributed by atoms with Gasteiger partial charge in [0, 0.05) is 5.56 Å². The number of carbonyl (C=O) groups excluding carboxylic acids is 1. The first-order valence-corrected chi connectivity index (χ1v) is 4.53. The van der Waals surface area contributed by atoms with Crippen LogP contribution in [0.2, 0.25) is 0 Å². The first kappa shape index (κ1) is 11.3. The molecular formula is C12H14O3. The molecular weight excluding hydrogens is 192 g/mol. The first-order chi connectivity index (χ1) is 7.11. The van der Waals surface area contributed by atoms with Gasteiger partial charge < -0.3 is 9.47 Å². The van der Waals surface area contributed by atoms with Crippen molar-refractivity contribution in [1.82, 2.24) is 0 Å². The fraction of sp³-hybridized carbons (Fsp3) is 0.250. The van der Waals surface area contributed by atoms with Crippen molar-refractivity contribution in [3.63, 3.8) is 0 Å². The van der Waals surface area contributed by atoms with Gasteiger partial charge in [-0.1, -0.05) is 18.7 Å². The summed E-state index contributed by atoms with van der Waals surface area (Å²) >= 11 is 0. The van der Waals surface area contributed by atoms with Crippen molar-refractivity contribution in [3.8, 4) is 0 Å². The summed E-state index contributed by atoms with van der Waals surface area (Å²) in [5.74, 6) is 0.0837. The Bertz CT molecular complexity index is 394. The minimum absolute atomic E-state index is 0.383. The maximum atomic E-state index is 11.5. The summed E-state index contributed by atoms with van der Waals surface area (Å²) in [5.41, 5.74) is 2.11. The minimum atomic E-state index is -0.383. The molecule has 0 aliphatic carbocycles. The highest BCUT2D eigenvalue weighted by atomic mass is 16.5. The number of aryl methyl sites for hydroxylation is 1. The van der Waals surface area contributed by atoms with Gasteiger partial charge in [0.25, 0.3) is 0 Å². The lowest BCUT2D eigenvalue weighted by atomic mass is 10.0. The Morgan fingerprint density at radius 3 is 2.47 bits per heavy atom. The van der Waals surface area contributed by atoms with Crippen LogP contribution >= 0.6 is 0 Å². The highest BCUT2D eigenvalue weighted by molar-refractivity contribution is 5.95. The zero-order valence-electron chi connectivity index (χ0n) is 9.16. The molecule has 15 heavy (non-hydrogen) atoms. The van der Waals surface area contributed by atoms with Gasteiger partial charge in [-0.15, -0.1) is 0 Å². The summed E-state index contributed by atoms with van der Waals surface area (Å²) in [6.07, 6.45) is 0. The average Bonchev–Trinajstić information content (AvgIpc) is 2.26. The van der Waals surface area contributed by atoms with E-state index in [1.807, 2.05) is 13.0 Å². The quantitative estimate of drug-likeness (QED) is 0.562. The summed E-state index contributed by atoms with van der Waals surface area (Å²) in [6.45, 7) is 5.65. The van der Waals surface area contributed by atoms with E-state index in [-0.39, 0.29) is 5.97 Å². The average molecular weight is 206 g/mol. The van der Waals surface area contributed by atoms with Gasteiger partial charge in [0.15, 0.2) is 0 Å². The Kier molecular flexibility index (Phi) is 3.50. The van der Waals surface area contributed by atoms with Crippen molar-refractivity contribution in [1.29, 1.82) is 0 Å². The Labute approximate surface area is 89.3 Å². The van der Waals surface area contributed by atoms with E-state index >= 15 is 0 Å². The molecule has 80 valence electrons. The lowest BCUT2D eigenvalue weighted by molar-refractivity contribution is 0.0599. The van der Waals surface area contributed by atoms with Crippen LogP contribution in [0.5, 0.6) is 0 Å². The SMILES string of the molecule is C=C(OC)c1c(C)cccc1C(=O)OC. The third kappa shape index (κ3) is 2.18. The Morgan fingerprint density at radius 2 is 1.93 bits per heavy atom. The van der Waals surface area contributed by atoms with Crippen LogP contribution in [0.3, 0.4) is 0 Å². The summed E-state index contributed by atoms with van der Waals surface area (Å²) in [4.78, 5) is 11.5. The molecule has 0 amide bonds. The molecule has 3 heteroatoms. The van der Waals surface area contributed by atoms with Crippen molar-refractivity contribution >= 4 is 11.7 Å². The second-order valence-corrected chi connectivity index (χ2v) is 3.12. The Balaban J connectivity index is 3.32. The standard InChI is InChI=1S/C12H14O3/c1-8-6-5-7-10(12(13)15-4)11(8)9(2)14-3/h5-7H,2H2,1,3-4H3. The van der Waals surface area contributed by atoms with E-state index in [0.29, 0.717) is 16.9 Å². The molecule has 0 radical (unpaired) electrons. The number of hydrogen-bond acceptors (Lipinski definition) is 3. The van der Waals surface area contributed by atoms with E-state index in [0.717, 1.165) is 5.56 Å². The van der Waals surface area contributed by atoms with Gasteiger partial charge in [0.2, 0.25) is 0 Å². The first-order valence-electron chi connectivity index (χ1n) is 4.53. The fourth-order valence-corrected chi connectivity index (χ4v) is 1.42. The predicted octanol–water partition coefficient (Wildman–Crippen LogP) is 2.40. The summed E-state index contributed by atoms with van der Waals surface area (Å²) in [7, 11) is 2.87. The molecule has 3 nitrogen and oxygen atoms in total. The third-order valence-electron chi connectivity index (χ3n) is 2.20. The molecule has 0 aliphatic rings. The van der Waals surface area contributed by atoms with Crippen molar-refractivity contribution in [3.05, 3.63) is 41.5 Å². The molecule has 0 aromatic heterocycles. The van der Waals surface area contributed by atoms with Crippen LogP contribution < -0.4 is 0 Å². The second-order valence-electron chi connectivity index (χ2n) is 3.12. The fourth-order valence-electron chi connectivity index (χ4n) is 1.42. The molecule has 0 heterocycles. The number of rotatable bonds is 3. The molecule has 0 unspecified atom stereocenters. The van der Waals surface area contributed by atoms with Crippen LogP contribution in [0.4, 0.5) is 0 Å². The zero-order valence-corrected chi connectivity index (χ0v) is 9.16. The number of ether oxygens (including phenoxy) is 2. The van der Waals surface area contributed by atoms with E-state index in [4.69, 9.17) is 9.47 Å². The van der Waals surface area contributed by atoms with E-state index in [1.54, 1.807) is 12.1 Å².